The number of carbonyl (C=O) groups is 1. The number of rotatable bonds is 2. The van der Waals surface area contributed by atoms with E-state index in [4.69, 9.17) is 0 Å². The molecule has 3 nitrogen and oxygen atoms in total. The van der Waals surface area contributed by atoms with Gasteiger partial charge in [0.2, 0.25) is 5.91 Å². The zero-order valence-corrected chi connectivity index (χ0v) is 11.7. The van der Waals surface area contributed by atoms with Crippen LogP contribution in [0.5, 0.6) is 0 Å². The molecule has 2 rings (SSSR count). The summed E-state index contributed by atoms with van der Waals surface area (Å²) in [6.07, 6.45) is 2.11. The Morgan fingerprint density at radius 1 is 1.39 bits per heavy atom. The van der Waals surface area contributed by atoms with Gasteiger partial charge in [0.25, 0.3) is 0 Å². The molecule has 0 unspecified atom stereocenters. The van der Waals surface area contributed by atoms with Crippen LogP contribution >= 0.6 is 0 Å². The van der Waals surface area contributed by atoms with Gasteiger partial charge in [-0.3, -0.25) is 4.79 Å². The lowest BCUT2D eigenvalue weighted by atomic mass is 9.96. The molecular formula is C15H22N2O. The molecule has 1 heterocycles. The Morgan fingerprint density at radius 3 is 2.78 bits per heavy atom. The summed E-state index contributed by atoms with van der Waals surface area (Å²) >= 11 is 0. The van der Waals surface area contributed by atoms with Crippen molar-refractivity contribution >= 4 is 11.6 Å². The van der Waals surface area contributed by atoms with Crippen LogP contribution in [0.4, 0.5) is 5.69 Å². The molecule has 98 valence electrons. The standard InChI is InChI=1S/C15H22N2O/c1-11-7-8-13-12(10-11)6-5-9-17(13)14(18)15(2,3)16-4/h7-8,10,16H,5-6,9H2,1-4H3. The third-order valence-electron chi connectivity index (χ3n) is 3.76. The van der Waals surface area contributed by atoms with E-state index in [1.54, 1.807) is 0 Å². The number of aryl methyl sites for hydroxylation is 2. The minimum absolute atomic E-state index is 0.148. The second kappa shape index (κ2) is 4.73. The lowest BCUT2D eigenvalue weighted by Gasteiger charge is -2.35. The molecule has 0 spiro atoms. The molecule has 1 N–H and O–H groups in total. The first-order valence-corrected chi connectivity index (χ1v) is 6.56. The van der Waals surface area contributed by atoms with Gasteiger partial charge in [-0.25, -0.2) is 0 Å². The molecule has 1 aliphatic heterocycles. The van der Waals surface area contributed by atoms with Crippen molar-refractivity contribution in [1.82, 2.24) is 5.32 Å². The van der Waals surface area contributed by atoms with Crippen LogP contribution in [0, 0.1) is 6.92 Å². The zero-order valence-electron chi connectivity index (χ0n) is 11.7. The Labute approximate surface area is 109 Å². The first-order valence-electron chi connectivity index (χ1n) is 6.56. The van der Waals surface area contributed by atoms with Gasteiger partial charge in [0.15, 0.2) is 0 Å². The summed E-state index contributed by atoms with van der Waals surface area (Å²) in [6, 6.07) is 6.35. The molecule has 0 atom stereocenters. The highest BCUT2D eigenvalue weighted by molar-refractivity contribution is 6.00. The number of fused-ring (bicyclic) bond motifs is 1. The maximum atomic E-state index is 12.6. The quantitative estimate of drug-likeness (QED) is 0.868. The Bertz CT molecular complexity index is 466. The van der Waals surface area contributed by atoms with Gasteiger partial charge in [-0.15, -0.1) is 0 Å². The number of anilines is 1. The summed E-state index contributed by atoms with van der Waals surface area (Å²) in [4.78, 5) is 14.5. The monoisotopic (exact) mass is 246 g/mol. The van der Waals surface area contributed by atoms with Crippen LogP contribution in [-0.2, 0) is 11.2 Å². The van der Waals surface area contributed by atoms with Gasteiger partial charge < -0.3 is 10.2 Å². The van der Waals surface area contributed by atoms with Gasteiger partial charge in [-0.1, -0.05) is 17.7 Å². The van der Waals surface area contributed by atoms with Crippen molar-refractivity contribution in [3.8, 4) is 0 Å². The lowest BCUT2D eigenvalue weighted by molar-refractivity contribution is -0.123. The first kappa shape index (κ1) is 13.1. The third-order valence-corrected chi connectivity index (χ3v) is 3.76. The van der Waals surface area contributed by atoms with Crippen LogP contribution in [0.25, 0.3) is 0 Å². The van der Waals surface area contributed by atoms with E-state index >= 15 is 0 Å². The highest BCUT2D eigenvalue weighted by atomic mass is 16.2. The van der Waals surface area contributed by atoms with Crippen molar-refractivity contribution in [2.45, 2.75) is 39.2 Å². The Morgan fingerprint density at radius 2 is 2.11 bits per heavy atom. The van der Waals surface area contributed by atoms with Gasteiger partial charge >= 0.3 is 0 Å². The number of hydrogen-bond donors (Lipinski definition) is 1. The second-order valence-corrected chi connectivity index (χ2v) is 5.57. The summed E-state index contributed by atoms with van der Waals surface area (Å²) in [7, 11) is 1.83. The van der Waals surface area contributed by atoms with Crippen LogP contribution < -0.4 is 10.2 Å². The van der Waals surface area contributed by atoms with Crippen molar-refractivity contribution in [2.24, 2.45) is 0 Å². The van der Waals surface area contributed by atoms with Crippen molar-refractivity contribution < 1.29 is 4.79 Å². The molecule has 0 aromatic heterocycles. The van der Waals surface area contributed by atoms with Crippen LogP contribution in [0.15, 0.2) is 18.2 Å². The van der Waals surface area contributed by atoms with Crippen LogP contribution in [-0.4, -0.2) is 25.0 Å². The van der Waals surface area contributed by atoms with E-state index in [1.807, 2.05) is 25.8 Å². The first-order chi connectivity index (χ1) is 8.45. The summed E-state index contributed by atoms with van der Waals surface area (Å²) in [6.45, 7) is 6.77. The highest BCUT2D eigenvalue weighted by Crippen LogP contribution is 2.29. The fraction of sp³-hybridized carbons (Fsp3) is 0.533. The molecule has 1 aromatic rings. The number of hydrogen-bond acceptors (Lipinski definition) is 2. The third kappa shape index (κ3) is 2.27. The summed E-state index contributed by atoms with van der Waals surface area (Å²) in [5.74, 6) is 0.148. The number of amides is 1. The van der Waals surface area contributed by atoms with Crippen molar-refractivity contribution in [3.63, 3.8) is 0 Å². The van der Waals surface area contributed by atoms with E-state index in [9.17, 15) is 4.79 Å². The van der Waals surface area contributed by atoms with Gasteiger partial charge in [0.05, 0.1) is 5.54 Å². The van der Waals surface area contributed by atoms with E-state index in [2.05, 4.69) is 30.4 Å². The molecule has 1 amide bonds. The molecule has 1 aliphatic rings. The second-order valence-electron chi connectivity index (χ2n) is 5.57. The maximum absolute atomic E-state index is 12.6. The molecule has 0 fully saturated rings. The van der Waals surface area contributed by atoms with E-state index < -0.39 is 5.54 Å². The van der Waals surface area contributed by atoms with Crippen LogP contribution in [0.1, 0.15) is 31.4 Å². The number of nitrogens with zero attached hydrogens (tertiary/aromatic N) is 1. The SMILES string of the molecule is CNC(C)(C)C(=O)N1CCCc2cc(C)ccc21. The largest absolute Gasteiger partial charge is 0.311 e. The van der Waals surface area contributed by atoms with E-state index in [-0.39, 0.29) is 5.91 Å². The van der Waals surface area contributed by atoms with Crippen molar-refractivity contribution in [2.75, 3.05) is 18.5 Å². The number of nitrogens with one attached hydrogen (secondary N) is 1. The van der Waals surface area contributed by atoms with Gasteiger partial charge in [0, 0.05) is 12.2 Å². The molecule has 0 saturated heterocycles. The van der Waals surface area contributed by atoms with E-state index in [0.717, 1.165) is 25.1 Å². The average molecular weight is 246 g/mol. The Hall–Kier alpha value is -1.35. The molecule has 0 radical (unpaired) electrons. The molecule has 0 aliphatic carbocycles. The Kier molecular flexibility index (Phi) is 3.44. The van der Waals surface area contributed by atoms with Gasteiger partial charge in [-0.2, -0.15) is 0 Å². The van der Waals surface area contributed by atoms with Gasteiger partial charge in [-0.05, 0) is 52.3 Å². The highest BCUT2D eigenvalue weighted by Gasteiger charge is 2.33. The van der Waals surface area contributed by atoms with Gasteiger partial charge in [0.1, 0.15) is 0 Å². The molecular weight excluding hydrogens is 224 g/mol. The van der Waals surface area contributed by atoms with Crippen molar-refractivity contribution in [3.05, 3.63) is 29.3 Å². The summed E-state index contributed by atoms with van der Waals surface area (Å²) in [5.41, 5.74) is 3.12. The number of carbonyl (C=O) groups excluding carboxylic acids is 1. The maximum Gasteiger partial charge on any atom is 0.246 e. The van der Waals surface area contributed by atoms with Crippen molar-refractivity contribution in [1.29, 1.82) is 0 Å². The number of likely N-dealkylation sites (N-methyl/N-ethyl adjacent to an activating group) is 1. The van der Waals surface area contributed by atoms with E-state index in [0.29, 0.717) is 0 Å². The minimum atomic E-state index is -0.514. The fourth-order valence-electron chi connectivity index (χ4n) is 2.38. The normalized spacial score (nSPS) is 15.4. The predicted octanol–water partition coefficient (Wildman–Crippen LogP) is 2.27. The topological polar surface area (TPSA) is 32.3 Å². The predicted molar refractivity (Wildman–Crippen MR) is 75.0 cm³/mol. The molecule has 0 saturated carbocycles. The molecule has 0 bridgehead atoms. The summed E-state index contributed by atoms with van der Waals surface area (Å²) < 4.78 is 0. The lowest BCUT2D eigenvalue weighted by Crippen LogP contribution is -2.54. The average Bonchev–Trinajstić information content (AvgIpc) is 2.36. The minimum Gasteiger partial charge on any atom is -0.311 e. The molecule has 1 aromatic carbocycles. The van der Waals surface area contributed by atoms with Crippen LogP contribution in [0.2, 0.25) is 0 Å². The van der Waals surface area contributed by atoms with E-state index in [1.165, 1.54) is 11.1 Å². The fourth-order valence-corrected chi connectivity index (χ4v) is 2.38. The molecule has 3 heteroatoms. The van der Waals surface area contributed by atoms with Crippen LogP contribution in [0.3, 0.4) is 0 Å². The smallest absolute Gasteiger partial charge is 0.246 e. The summed E-state index contributed by atoms with van der Waals surface area (Å²) in [5, 5.41) is 3.09. The zero-order chi connectivity index (χ0) is 13.3. The Balaban J connectivity index is 2.36. The molecule has 18 heavy (non-hydrogen) atoms. The number of benzene rings is 1.